The lowest BCUT2D eigenvalue weighted by molar-refractivity contribution is 0.115. The molecule has 2 rings (SSSR count). The van der Waals surface area contributed by atoms with Gasteiger partial charge < -0.3 is 5.11 Å². The summed E-state index contributed by atoms with van der Waals surface area (Å²) in [6.45, 7) is 21.6. The first kappa shape index (κ1) is 23.5. The van der Waals surface area contributed by atoms with Gasteiger partial charge in [-0.05, 0) is 74.9 Å². The molecule has 0 heterocycles. The molecule has 0 aromatic carbocycles. The van der Waals surface area contributed by atoms with E-state index < -0.39 is 0 Å². The molecule has 0 aliphatic heterocycles. The predicted molar refractivity (Wildman–Crippen MR) is 128 cm³/mol. The van der Waals surface area contributed by atoms with E-state index in [1.807, 2.05) is 13.8 Å². The van der Waals surface area contributed by atoms with E-state index in [9.17, 15) is 5.11 Å². The SMILES string of the molecule is C=C(C)/C(C(=C)C(C)CC)=C(/O)C1C(/C=C/C=C/C)C(C)=CC2CC(C)CCC21. The summed E-state index contributed by atoms with van der Waals surface area (Å²) in [5.41, 5.74) is 4.26. The molecule has 1 heteroatoms. The van der Waals surface area contributed by atoms with Crippen LogP contribution in [-0.2, 0) is 0 Å². The fourth-order valence-electron chi connectivity index (χ4n) is 5.34. The van der Waals surface area contributed by atoms with Gasteiger partial charge in [0, 0.05) is 17.4 Å². The van der Waals surface area contributed by atoms with Gasteiger partial charge in [-0.1, -0.05) is 76.3 Å². The molecule has 0 radical (unpaired) electrons. The molecule has 0 bridgehead atoms. The third-order valence-electron chi connectivity index (χ3n) is 7.22. The number of rotatable bonds is 7. The Bertz CT molecular complexity index is 729. The molecule has 160 valence electrons. The van der Waals surface area contributed by atoms with Crippen LogP contribution in [0.4, 0.5) is 0 Å². The smallest absolute Gasteiger partial charge is 0.104 e. The van der Waals surface area contributed by atoms with Crippen LogP contribution in [0.2, 0.25) is 0 Å². The fraction of sp³-hybridized carbons (Fsp3) is 0.571. The van der Waals surface area contributed by atoms with Gasteiger partial charge in [0.1, 0.15) is 5.76 Å². The lowest BCUT2D eigenvalue weighted by atomic mass is 9.59. The zero-order valence-corrected chi connectivity index (χ0v) is 19.5. The van der Waals surface area contributed by atoms with Crippen molar-refractivity contribution in [2.45, 2.75) is 67.2 Å². The Labute approximate surface area is 179 Å². The Kier molecular flexibility index (Phi) is 8.37. The quantitative estimate of drug-likeness (QED) is 0.261. The third-order valence-corrected chi connectivity index (χ3v) is 7.22. The highest BCUT2D eigenvalue weighted by molar-refractivity contribution is 5.47. The van der Waals surface area contributed by atoms with Crippen molar-refractivity contribution in [1.29, 1.82) is 0 Å². The van der Waals surface area contributed by atoms with Gasteiger partial charge >= 0.3 is 0 Å². The van der Waals surface area contributed by atoms with Crippen LogP contribution in [0.25, 0.3) is 0 Å². The minimum atomic E-state index is 0.103. The molecular formula is C28H42O. The average Bonchev–Trinajstić information content (AvgIpc) is 2.67. The summed E-state index contributed by atoms with van der Waals surface area (Å²) in [5.74, 6) is 2.98. The van der Waals surface area contributed by atoms with Crippen LogP contribution in [0, 0.1) is 35.5 Å². The van der Waals surface area contributed by atoms with Crippen LogP contribution < -0.4 is 0 Å². The lowest BCUT2D eigenvalue weighted by Crippen LogP contribution is -2.38. The summed E-state index contributed by atoms with van der Waals surface area (Å²) in [7, 11) is 0. The van der Waals surface area contributed by atoms with Crippen molar-refractivity contribution in [2.24, 2.45) is 35.5 Å². The normalized spacial score (nSPS) is 31.9. The first-order valence-electron chi connectivity index (χ1n) is 11.5. The maximum atomic E-state index is 11.7. The van der Waals surface area contributed by atoms with Gasteiger partial charge in [-0.25, -0.2) is 0 Å². The maximum absolute atomic E-state index is 11.7. The second-order valence-electron chi connectivity index (χ2n) is 9.49. The Morgan fingerprint density at radius 3 is 2.55 bits per heavy atom. The van der Waals surface area contributed by atoms with E-state index in [1.54, 1.807) is 0 Å². The highest BCUT2D eigenvalue weighted by Gasteiger charge is 2.43. The summed E-state index contributed by atoms with van der Waals surface area (Å²) < 4.78 is 0. The van der Waals surface area contributed by atoms with Crippen LogP contribution in [0.15, 0.2) is 71.6 Å². The first-order valence-corrected chi connectivity index (χ1v) is 11.5. The topological polar surface area (TPSA) is 20.2 Å². The molecule has 0 saturated heterocycles. The van der Waals surface area contributed by atoms with E-state index in [2.05, 4.69) is 71.2 Å². The van der Waals surface area contributed by atoms with Crippen LogP contribution in [0.3, 0.4) is 0 Å². The van der Waals surface area contributed by atoms with Gasteiger partial charge in [0.15, 0.2) is 0 Å². The Morgan fingerprint density at radius 2 is 1.97 bits per heavy atom. The number of aliphatic hydroxyl groups excluding tert-OH is 1. The Balaban J connectivity index is 2.61. The average molecular weight is 395 g/mol. The zero-order chi connectivity index (χ0) is 21.7. The molecule has 1 saturated carbocycles. The van der Waals surface area contributed by atoms with Crippen molar-refractivity contribution in [1.82, 2.24) is 0 Å². The third kappa shape index (κ3) is 5.24. The zero-order valence-electron chi connectivity index (χ0n) is 19.5. The molecule has 0 aromatic heterocycles. The minimum Gasteiger partial charge on any atom is -0.511 e. The molecule has 1 N–H and O–H groups in total. The molecule has 0 aromatic rings. The standard InChI is InChI=1S/C28H42O/c1-9-11-12-13-24-21(7)17-23-16-19(5)14-15-25(23)27(24)28(29)26(18(3)4)22(8)20(6)10-2/h9,11-13,17,19-20,23-25,27,29H,3,8,10,14-16H2,1-2,4-7H3/b11-9+,13-12+,28-26-. The lowest BCUT2D eigenvalue weighted by Gasteiger charge is -2.45. The van der Waals surface area contributed by atoms with Crippen LogP contribution >= 0.6 is 0 Å². The molecule has 2 aliphatic carbocycles. The summed E-state index contributed by atoms with van der Waals surface area (Å²) in [4.78, 5) is 0. The van der Waals surface area contributed by atoms with Crippen molar-refractivity contribution in [2.75, 3.05) is 0 Å². The molecular weight excluding hydrogens is 352 g/mol. The van der Waals surface area contributed by atoms with E-state index in [1.165, 1.54) is 24.8 Å². The van der Waals surface area contributed by atoms with Crippen molar-refractivity contribution >= 4 is 0 Å². The fourth-order valence-corrected chi connectivity index (χ4v) is 5.34. The monoisotopic (exact) mass is 394 g/mol. The van der Waals surface area contributed by atoms with Gasteiger partial charge in [-0.15, -0.1) is 0 Å². The van der Waals surface area contributed by atoms with Crippen LogP contribution in [0.1, 0.15) is 67.2 Å². The number of allylic oxidation sites excluding steroid dienone is 10. The summed E-state index contributed by atoms with van der Waals surface area (Å²) in [6, 6.07) is 0. The van der Waals surface area contributed by atoms with Crippen LogP contribution in [0.5, 0.6) is 0 Å². The molecule has 1 nitrogen and oxygen atoms in total. The number of hydrogen-bond acceptors (Lipinski definition) is 1. The van der Waals surface area contributed by atoms with Crippen LogP contribution in [-0.4, -0.2) is 5.11 Å². The Morgan fingerprint density at radius 1 is 1.28 bits per heavy atom. The van der Waals surface area contributed by atoms with Gasteiger partial charge in [0.25, 0.3) is 0 Å². The summed E-state index contributed by atoms with van der Waals surface area (Å²) >= 11 is 0. The molecule has 0 amide bonds. The van der Waals surface area contributed by atoms with E-state index in [0.717, 1.165) is 29.1 Å². The van der Waals surface area contributed by atoms with Crippen molar-refractivity contribution < 1.29 is 5.11 Å². The van der Waals surface area contributed by atoms with Crippen molar-refractivity contribution in [3.05, 3.63) is 71.6 Å². The second-order valence-corrected chi connectivity index (χ2v) is 9.49. The van der Waals surface area contributed by atoms with Gasteiger partial charge in [0.2, 0.25) is 0 Å². The number of fused-ring (bicyclic) bond motifs is 1. The summed E-state index contributed by atoms with van der Waals surface area (Å²) in [6.07, 6.45) is 15.7. The molecule has 6 atom stereocenters. The van der Waals surface area contributed by atoms with Gasteiger partial charge in [0.05, 0.1) is 0 Å². The Hall–Kier alpha value is -1.76. The molecule has 2 aliphatic rings. The maximum Gasteiger partial charge on any atom is 0.104 e. The molecule has 1 fully saturated rings. The molecule has 29 heavy (non-hydrogen) atoms. The molecule has 6 unspecified atom stereocenters. The van der Waals surface area contributed by atoms with Gasteiger partial charge in [-0.3, -0.25) is 0 Å². The highest BCUT2D eigenvalue weighted by atomic mass is 16.3. The van der Waals surface area contributed by atoms with E-state index in [0.29, 0.717) is 23.5 Å². The predicted octanol–water partition coefficient (Wildman–Crippen LogP) is 8.35. The highest BCUT2D eigenvalue weighted by Crippen LogP contribution is 2.51. The van der Waals surface area contributed by atoms with Gasteiger partial charge in [-0.2, -0.15) is 0 Å². The van der Waals surface area contributed by atoms with Crippen molar-refractivity contribution in [3.8, 4) is 0 Å². The van der Waals surface area contributed by atoms with E-state index in [4.69, 9.17) is 0 Å². The summed E-state index contributed by atoms with van der Waals surface area (Å²) in [5, 5.41) is 11.7. The number of hydrogen-bond donors (Lipinski definition) is 1. The van der Waals surface area contributed by atoms with E-state index >= 15 is 0 Å². The minimum absolute atomic E-state index is 0.103. The number of aliphatic hydroxyl groups is 1. The first-order chi connectivity index (χ1) is 13.7. The van der Waals surface area contributed by atoms with Crippen molar-refractivity contribution in [3.63, 3.8) is 0 Å². The largest absolute Gasteiger partial charge is 0.511 e. The second kappa shape index (κ2) is 10.3. The molecule has 0 spiro atoms. The van der Waals surface area contributed by atoms with E-state index in [-0.39, 0.29) is 11.8 Å².